The highest BCUT2D eigenvalue weighted by molar-refractivity contribution is 7.20. The summed E-state index contributed by atoms with van der Waals surface area (Å²) >= 11 is 18.6. The first kappa shape index (κ1) is 8.66. The Hall–Kier alpha value is 0.570. The standard InChI is InChI=1S/C6H5Cl3S/c1-3(7)4-2-5(8)10-6(4)9/h2-3H,1H3. The minimum Gasteiger partial charge on any atom is -0.118 e. The second kappa shape index (κ2) is 3.31. The van der Waals surface area contributed by atoms with Gasteiger partial charge in [0.15, 0.2) is 0 Å². The molecule has 0 aliphatic carbocycles. The Labute approximate surface area is 78.7 Å². The highest BCUT2D eigenvalue weighted by atomic mass is 35.5. The normalized spacial score (nSPS) is 13.6. The van der Waals surface area contributed by atoms with Crippen LogP contribution < -0.4 is 0 Å². The van der Waals surface area contributed by atoms with Gasteiger partial charge in [-0.1, -0.05) is 23.2 Å². The average Bonchev–Trinajstić information content (AvgIpc) is 2.10. The van der Waals surface area contributed by atoms with Gasteiger partial charge >= 0.3 is 0 Å². The molecule has 0 bridgehead atoms. The molecule has 1 unspecified atom stereocenters. The van der Waals surface area contributed by atoms with Gasteiger partial charge in [0.25, 0.3) is 0 Å². The van der Waals surface area contributed by atoms with Crippen LogP contribution in [0.4, 0.5) is 0 Å². The molecule has 0 saturated heterocycles. The highest BCUT2D eigenvalue weighted by Gasteiger charge is 2.09. The lowest BCUT2D eigenvalue weighted by atomic mass is 10.3. The van der Waals surface area contributed by atoms with Gasteiger partial charge in [-0.15, -0.1) is 22.9 Å². The molecule has 0 aliphatic heterocycles. The van der Waals surface area contributed by atoms with E-state index in [1.165, 1.54) is 11.3 Å². The van der Waals surface area contributed by atoms with E-state index < -0.39 is 0 Å². The van der Waals surface area contributed by atoms with Crippen molar-refractivity contribution < 1.29 is 0 Å². The van der Waals surface area contributed by atoms with Crippen molar-refractivity contribution in [3.8, 4) is 0 Å². The molecular formula is C6H5Cl3S. The molecular weight excluding hydrogens is 210 g/mol. The molecule has 0 saturated carbocycles. The van der Waals surface area contributed by atoms with E-state index in [4.69, 9.17) is 34.8 Å². The van der Waals surface area contributed by atoms with Gasteiger partial charge in [0.05, 0.1) is 14.0 Å². The second-order valence-electron chi connectivity index (χ2n) is 1.90. The maximum absolute atomic E-state index is 5.79. The van der Waals surface area contributed by atoms with Crippen molar-refractivity contribution in [3.05, 3.63) is 20.3 Å². The van der Waals surface area contributed by atoms with Gasteiger partial charge in [-0.3, -0.25) is 0 Å². The topological polar surface area (TPSA) is 0 Å². The zero-order valence-electron chi connectivity index (χ0n) is 5.20. The van der Waals surface area contributed by atoms with E-state index in [0.29, 0.717) is 8.67 Å². The zero-order valence-corrected chi connectivity index (χ0v) is 8.28. The Morgan fingerprint density at radius 1 is 1.50 bits per heavy atom. The lowest BCUT2D eigenvalue weighted by Crippen LogP contribution is -1.77. The maximum Gasteiger partial charge on any atom is 0.0991 e. The van der Waals surface area contributed by atoms with Gasteiger partial charge in [0.2, 0.25) is 0 Å². The number of halogens is 3. The van der Waals surface area contributed by atoms with Crippen LogP contribution in [0.2, 0.25) is 8.67 Å². The van der Waals surface area contributed by atoms with Crippen LogP contribution in [0.5, 0.6) is 0 Å². The maximum atomic E-state index is 5.79. The minimum atomic E-state index is -0.0590. The number of alkyl halides is 1. The number of thiophene rings is 1. The van der Waals surface area contributed by atoms with Crippen LogP contribution in [0.1, 0.15) is 17.9 Å². The third-order valence-corrected chi connectivity index (χ3v) is 2.86. The molecule has 0 fully saturated rings. The molecule has 0 nitrogen and oxygen atoms in total. The molecule has 0 aliphatic rings. The fraction of sp³-hybridized carbons (Fsp3) is 0.333. The quantitative estimate of drug-likeness (QED) is 0.611. The van der Waals surface area contributed by atoms with Crippen LogP contribution in [-0.2, 0) is 0 Å². The van der Waals surface area contributed by atoms with Crippen molar-refractivity contribution in [2.24, 2.45) is 0 Å². The summed E-state index contributed by atoms with van der Waals surface area (Å²) in [6.07, 6.45) is 0. The molecule has 1 atom stereocenters. The summed E-state index contributed by atoms with van der Waals surface area (Å²) in [5.74, 6) is 0. The first-order chi connectivity index (χ1) is 4.61. The third kappa shape index (κ3) is 1.79. The Bertz CT molecular complexity index is 229. The van der Waals surface area contributed by atoms with Gasteiger partial charge in [-0.05, 0) is 13.0 Å². The summed E-state index contributed by atoms with van der Waals surface area (Å²) in [7, 11) is 0. The van der Waals surface area contributed by atoms with Crippen molar-refractivity contribution in [3.63, 3.8) is 0 Å². The third-order valence-electron chi connectivity index (χ3n) is 1.11. The summed E-state index contributed by atoms with van der Waals surface area (Å²) in [6.45, 7) is 1.87. The van der Waals surface area contributed by atoms with E-state index in [1.807, 2.05) is 6.92 Å². The Morgan fingerprint density at radius 2 is 2.10 bits per heavy atom. The highest BCUT2D eigenvalue weighted by Crippen LogP contribution is 2.36. The van der Waals surface area contributed by atoms with E-state index in [1.54, 1.807) is 6.07 Å². The van der Waals surface area contributed by atoms with Gasteiger partial charge in [0, 0.05) is 5.56 Å². The molecule has 1 aromatic heterocycles. The van der Waals surface area contributed by atoms with Crippen LogP contribution in [0, 0.1) is 0 Å². The van der Waals surface area contributed by atoms with Crippen molar-refractivity contribution in [1.29, 1.82) is 0 Å². The smallest absolute Gasteiger partial charge is 0.0991 e. The summed E-state index contributed by atoms with van der Waals surface area (Å²) in [4.78, 5) is 0. The summed E-state index contributed by atoms with van der Waals surface area (Å²) in [5.41, 5.74) is 0.915. The molecule has 0 radical (unpaired) electrons. The van der Waals surface area contributed by atoms with Crippen LogP contribution in [0.25, 0.3) is 0 Å². The van der Waals surface area contributed by atoms with Crippen LogP contribution in [0.3, 0.4) is 0 Å². The fourth-order valence-corrected chi connectivity index (χ4v) is 2.56. The van der Waals surface area contributed by atoms with E-state index in [2.05, 4.69) is 0 Å². The van der Waals surface area contributed by atoms with E-state index in [9.17, 15) is 0 Å². The summed E-state index contributed by atoms with van der Waals surface area (Å²) in [6, 6.07) is 1.80. The Morgan fingerprint density at radius 3 is 2.30 bits per heavy atom. The minimum absolute atomic E-state index is 0.0590. The fourth-order valence-electron chi connectivity index (χ4n) is 0.624. The predicted octanol–water partition coefficient (Wildman–Crippen LogP) is 4.35. The lowest BCUT2D eigenvalue weighted by molar-refractivity contribution is 1.10. The summed E-state index contributed by atoms with van der Waals surface area (Å²) < 4.78 is 1.38. The molecule has 0 aromatic carbocycles. The molecule has 0 spiro atoms. The van der Waals surface area contributed by atoms with E-state index >= 15 is 0 Å². The van der Waals surface area contributed by atoms with Crippen molar-refractivity contribution >= 4 is 46.1 Å². The zero-order chi connectivity index (χ0) is 7.72. The lowest BCUT2D eigenvalue weighted by Gasteiger charge is -1.96. The van der Waals surface area contributed by atoms with Gasteiger partial charge in [-0.2, -0.15) is 0 Å². The van der Waals surface area contributed by atoms with Gasteiger partial charge < -0.3 is 0 Å². The first-order valence-electron chi connectivity index (χ1n) is 2.70. The van der Waals surface area contributed by atoms with Crippen molar-refractivity contribution in [2.45, 2.75) is 12.3 Å². The molecule has 4 heteroatoms. The predicted molar refractivity (Wildman–Crippen MR) is 48.6 cm³/mol. The molecule has 56 valence electrons. The van der Waals surface area contributed by atoms with Crippen LogP contribution in [0.15, 0.2) is 6.07 Å². The van der Waals surface area contributed by atoms with Crippen LogP contribution in [-0.4, -0.2) is 0 Å². The van der Waals surface area contributed by atoms with Crippen molar-refractivity contribution in [2.75, 3.05) is 0 Å². The van der Waals surface area contributed by atoms with Gasteiger partial charge in [0.1, 0.15) is 0 Å². The molecule has 1 aromatic rings. The molecule has 0 amide bonds. The second-order valence-corrected chi connectivity index (χ2v) is 4.84. The number of hydrogen-bond acceptors (Lipinski definition) is 1. The molecule has 1 rings (SSSR count). The van der Waals surface area contributed by atoms with E-state index in [-0.39, 0.29) is 5.38 Å². The average molecular weight is 216 g/mol. The number of rotatable bonds is 1. The molecule has 0 N–H and O–H groups in total. The van der Waals surface area contributed by atoms with Crippen LogP contribution >= 0.6 is 46.1 Å². The van der Waals surface area contributed by atoms with E-state index in [0.717, 1.165) is 5.56 Å². The SMILES string of the molecule is CC(Cl)c1cc(Cl)sc1Cl. The monoisotopic (exact) mass is 214 g/mol. The van der Waals surface area contributed by atoms with Gasteiger partial charge in [-0.25, -0.2) is 0 Å². The number of hydrogen-bond donors (Lipinski definition) is 0. The van der Waals surface area contributed by atoms with Crippen molar-refractivity contribution in [1.82, 2.24) is 0 Å². The molecule has 10 heavy (non-hydrogen) atoms. The Balaban J connectivity index is 3.03. The molecule has 1 heterocycles. The largest absolute Gasteiger partial charge is 0.118 e. The Kier molecular flexibility index (Phi) is 2.87. The summed E-state index contributed by atoms with van der Waals surface area (Å²) in [5, 5.41) is -0.0590. The first-order valence-corrected chi connectivity index (χ1v) is 4.71.